The number of benzene rings is 2. The summed E-state index contributed by atoms with van der Waals surface area (Å²) in [4.78, 5) is 9.27. The lowest BCUT2D eigenvalue weighted by Gasteiger charge is -2.13. The lowest BCUT2D eigenvalue weighted by atomic mass is 10.1. The summed E-state index contributed by atoms with van der Waals surface area (Å²) in [6, 6.07) is 15.1. The number of ether oxygens (including phenoxy) is 2. The fraction of sp³-hybridized carbons (Fsp3) is 0.222. The maximum absolute atomic E-state index is 5.96. The van der Waals surface area contributed by atoms with E-state index in [9.17, 15) is 0 Å². The molecule has 0 radical (unpaired) electrons. The fourth-order valence-electron chi connectivity index (χ4n) is 2.30. The van der Waals surface area contributed by atoms with E-state index in [0.717, 1.165) is 11.1 Å². The Morgan fingerprint density at radius 2 is 2.00 bits per heavy atom. The van der Waals surface area contributed by atoms with Gasteiger partial charge in [-0.15, -0.1) is 0 Å². The molecule has 0 fully saturated rings. The van der Waals surface area contributed by atoms with Gasteiger partial charge in [-0.1, -0.05) is 41.0 Å². The number of halogens is 1. The van der Waals surface area contributed by atoms with E-state index in [1.807, 2.05) is 48.5 Å². The molecule has 1 heterocycles. The van der Waals surface area contributed by atoms with Crippen LogP contribution in [-0.4, -0.2) is 31.9 Å². The van der Waals surface area contributed by atoms with Crippen molar-refractivity contribution in [3.63, 3.8) is 0 Å². The molecule has 0 bridgehead atoms. The SMILES string of the molecule is CON=C(C1=NCCO1)c1ccccc1OCc1ccc(Cl)cc1. The first-order valence-electron chi connectivity index (χ1n) is 7.53. The van der Waals surface area contributed by atoms with Crippen molar-refractivity contribution in [1.29, 1.82) is 0 Å². The molecule has 1 aliphatic rings. The molecular weight excluding hydrogens is 328 g/mol. The molecule has 0 spiro atoms. The van der Waals surface area contributed by atoms with Crippen LogP contribution in [0.25, 0.3) is 0 Å². The van der Waals surface area contributed by atoms with Crippen molar-refractivity contribution in [3.05, 3.63) is 64.7 Å². The first-order valence-corrected chi connectivity index (χ1v) is 7.91. The Kier molecular flexibility index (Phi) is 5.33. The molecule has 6 heteroatoms. The van der Waals surface area contributed by atoms with Crippen LogP contribution in [0.1, 0.15) is 11.1 Å². The zero-order chi connectivity index (χ0) is 16.8. The van der Waals surface area contributed by atoms with Crippen molar-refractivity contribution < 1.29 is 14.3 Å². The molecule has 1 aliphatic heterocycles. The zero-order valence-electron chi connectivity index (χ0n) is 13.2. The minimum absolute atomic E-state index is 0.418. The maximum atomic E-state index is 5.96. The van der Waals surface area contributed by atoms with Crippen LogP contribution in [0.4, 0.5) is 0 Å². The molecule has 0 unspecified atom stereocenters. The number of aliphatic imine (C=N–C) groups is 1. The Labute approximate surface area is 145 Å². The second kappa shape index (κ2) is 7.84. The van der Waals surface area contributed by atoms with Gasteiger partial charge in [0.2, 0.25) is 5.90 Å². The monoisotopic (exact) mass is 344 g/mol. The Bertz CT molecular complexity index is 757. The lowest BCUT2D eigenvalue weighted by Crippen LogP contribution is -2.17. The average molecular weight is 345 g/mol. The van der Waals surface area contributed by atoms with Gasteiger partial charge in [-0.3, -0.25) is 0 Å². The van der Waals surface area contributed by atoms with Crippen molar-refractivity contribution in [1.82, 2.24) is 0 Å². The van der Waals surface area contributed by atoms with Gasteiger partial charge in [0.1, 0.15) is 26.1 Å². The van der Waals surface area contributed by atoms with Crippen LogP contribution in [0.3, 0.4) is 0 Å². The maximum Gasteiger partial charge on any atom is 0.239 e. The first kappa shape index (κ1) is 16.3. The second-order valence-electron chi connectivity index (χ2n) is 5.07. The quantitative estimate of drug-likeness (QED) is 0.593. The Morgan fingerprint density at radius 1 is 1.21 bits per heavy atom. The van der Waals surface area contributed by atoms with Gasteiger partial charge in [0.25, 0.3) is 0 Å². The lowest BCUT2D eigenvalue weighted by molar-refractivity contribution is 0.213. The van der Waals surface area contributed by atoms with Gasteiger partial charge < -0.3 is 14.3 Å². The molecule has 0 saturated heterocycles. The number of rotatable bonds is 6. The highest BCUT2D eigenvalue weighted by atomic mass is 35.5. The minimum Gasteiger partial charge on any atom is -0.488 e. The van der Waals surface area contributed by atoms with Crippen LogP contribution in [0.2, 0.25) is 5.02 Å². The van der Waals surface area contributed by atoms with E-state index in [4.69, 9.17) is 25.9 Å². The molecule has 24 heavy (non-hydrogen) atoms. The van der Waals surface area contributed by atoms with Gasteiger partial charge in [0, 0.05) is 5.02 Å². The molecular formula is C18H17ClN2O3. The topological polar surface area (TPSA) is 52.4 Å². The molecule has 124 valence electrons. The number of para-hydroxylation sites is 1. The molecule has 3 rings (SSSR count). The predicted octanol–water partition coefficient (Wildman–Crippen LogP) is 3.70. The predicted molar refractivity (Wildman–Crippen MR) is 94.0 cm³/mol. The molecule has 5 nitrogen and oxygen atoms in total. The Morgan fingerprint density at radius 3 is 2.71 bits per heavy atom. The van der Waals surface area contributed by atoms with Crippen LogP contribution < -0.4 is 4.74 Å². The summed E-state index contributed by atoms with van der Waals surface area (Å²) in [6.07, 6.45) is 0. The fourth-order valence-corrected chi connectivity index (χ4v) is 2.43. The Balaban J connectivity index is 1.84. The molecule has 2 aromatic rings. The van der Waals surface area contributed by atoms with Gasteiger partial charge in [-0.05, 0) is 29.8 Å². The molecule has 0 saturated carbocycles. The van der Waals surface area contributed by atoms with Crippen LogP contribution in [0.15, 0.2) is 58.7 Å². The summed E-state index contributed by atoms with van der Waals surface area (Å²) < 4.78 is 11.5. The van der Waals surface area contributed by atoms with E-state index >= 15 is 0 Å². The van der Waals surface area contributed by atoms with E-state index < -0.39 is 0 Å². The van der Waals surface area contributed by atoms with Crippen molar-refractivity contribution in [2.75, 3.05) is 20.3 Å². The molecule has 0 amide bonds. The smallest absolute Gasteiger partial charge is 0.239 e. The first-order chi connectivity index (χ1) is 11.8. The summed E-state index contributed by atoms with van der Waals surface area (Å²) in [6.45, 7) is 1.58. The van der Waals surface area contributed by atoms with Crippen LogP contribution in [0.5, 0.6) is 5.75 Å². The largest absolute Gasteiger partial charge is 0.488 e. The second-order valence-corrected chi connectivity index (χ2v) is 5.51. The van der Waals surface area contributed by atoms with Gasteiger partial charge in [0.15, 0.2) is 5.71 Å². The number of hydrogen-bond donors (Lipinski definition) is 0. The average Bonchev–Trinajstić information content (AvgIpc) is 3.14. The van der Waals surface area contributed by atoms with Gasteiger partial charge in [0.05, 0.1) is 12.1 Å². The molecule has 2 aromatic carbocycles. The van der Waals surface area contributed by atoms with Crippen molar-refractivity contribution in [3.8, 4) is 5.75 Å². The van der Waals surface area contributed by atoms with E-state index in [1.54, 1.807) is 0 Å². The molecule has 0 N–H and O–H groups in total. The van der Waals surface area contributed by atoms with Crippen molar-refractivity contribution in [2.24, 2.45) is 10.1 Å². The summed E-state index contributed by atoms with van der Waals surface area (Å²) in [7, 11) is 1.49. The third-order valence-corrected chi connectivity index (χ3v) is 3.67. The minimum atomic E-state index is 0.418. The number of nitrogens with zero attached hydrogens (tertiary/aromatic N) is 2. The van der Waals surface area contributed by atoms with E-state index in [-0.39, 0.29) is 0 Å². The van der Waals surface area contributed by atoms with Crippen molar-refractivity contribution in [2.45, 2.75) is 6.61 Å². The van der Waals surface area contributed by atoms with E-state index in [1.165, 1.54) is 7.11 Å². The van der Waals surface area contributed by atoms with E-state index in [0.29, 0.717) is 42.1 Å². The highest BCUT2D eigenvalue weighted by Crippen LogP contribution is 2.22. The summed E-state index contributed by atoms with van der Waals surface area (Å²) in [5.74, 6) is 1.15. The highest BCUT2D eigenvalue weighted by molar-refractivity contribution is 6.46. The summed E-state index contributed by atoms with van der Waals surface area (Å²) in [5, 5.41) is 4.77. The summed E-state index contributed by atoms with van der Waals surface area (Å²) in [5.41, 5.74) is 2.32. The molecule has 0 aromatic heterocycles. The van der Waals surface area contributed by atoms with Crippen LogP contribution >= 0.6 is 11.6 Å². The van der Waals surface area contributed by atoms with Crippen LogP contribution in [-0.2, 0) is 16.2 Å². The van der Waals surface area contributed by atoms with Crippen molar-refractivity contribution >= 4 is 23.2 Å². The van der Waals surface area contributed by atoms with Gasteiger partial charge >= 0.3 is 0 Å². The normalized spacial score (nSPS) is 14.1. The van der Waals surface area contributed by atoms with E-state index in [2.05, 4.69) is 10.1 Å². The summed E-state index contributed by atoms with van der Waals surface area (Å²) >= 11 is 5.91. The third kappa shape index (κ3) is 3.86. The van der Waals surface area contributed by atoms with Gasteiger partial charge in [-0.2, -0.15) is 0 Å². The Hall–Kier alpha value is -2.53. The van der Waals surface area contributed by atoms with Crippen LogP contribution in [0, 0.1) is 0 Å². The standard InChI is InChI=1S/C18H17ClN2O3/c1-22-21-17(18-20-10-11-23-18)15-4-2-3-5-16(15)24-12-13-6-8-14(19)9-7-13/h2-9H,10-12H2,1H3. The van der Waals surface area contributed by atoms with Gasteiger partial charge in [-0.25, -0.2) is 4.99 Å². The number of oxime groups is 1. The molecule has 0 aliphatic carbocycles. The number of hydrogen-bond acceptors (Lipinski definition) is 5. The molecule has 0 atom stereocenters. The highest BCUT2D eigenvalue weighted by Gasteiger charge is 2.21. The third-order valence-electron chi connectivity index (χ3n) is 3.42. The zero-order valence-corrected chi connectivity index (χ0v) is 14.0.